The Morgan fingerprint density at radius 1 is 0.654 bits per heavy atom. The number of carbonyl (C=O) groups is 8. The SMILES string of the molecule is C[C@H](NC(=O)[C@H](CCCN=C(N)N)NC(=O)[C@H](CCCCN)NC(=O)[C@H](CO)NC(=O)[C@H](C)NC(=O)[C@@H](N)CC(=O)O)C(=O)N[C@H](C(=O)O)[C@@H](C)O. The molecule has 6 amide bonds. The van der Waals surface area contributed by atoms with Crippen molar-refractivity contribution in [3.63, 3.8) is 0 Å². The van der Waals surface area contributed by atoms with Crippen molar-refractivity contribution in [3.05, 3.63) is 0 Å². The molecule has 0 saturated carbocycles. The number of unbranched alkanes of at least 4 members (excludes halogenated alkanes) is 1. The van der Waals surface area contributed by atoms with Crippen molar-refractivity contribution < 1.29 is 58.8 Å². The maximum absolute atomic E-state index is 13.5. The molecule has 0 rings (SSSR count). The number of aliphatic hydroxyl groups excluding tert-OH is 2. The van der Waals surface area contributed by atoms with Crippen LogP contribution in [0.1, 0.15) is 59.3 Å². The Labute approximate surface area is 299 Å². The molecular weight excluding hydrogens is 694 g/mol. The fraction of sp³-hybridized carbons (Fsp3) is 0.690. The van der Waals surface area contributed by atoms with E-state index in [2.05, 4.69) is 36.9 Å². The van der Waals surface area contributed by atoms with Gasteiger partial charge in [-0.05, 0) is 59.4 Å². The Morgan fingerprint density at radius 2 is 1.12 bits per heavy atom. The molecule has 23 heteroatoms. The van der Waals surface area contributed by atoms with Gasteiger partial charge in [-0.1, -0.05) is 0 Å². The molecule has 0 radical (unpaired) electrons. The maximum Gasteiger partial charge on any atom is 0.328 e. The van der Waals surface area contributed by atoms with Crippen LogP contribution in [0.5, 0.6) is 0 Å². The minimum absolute atomic E-state index is 0.00807. The highest BCUT2D eigenvalue weighted by Crippen LogP contribution is 2.06. The number of rotatable bonds is 25. The van der Waals surface area contributed by atoms with E-state index in [0.29, 0.717) is 12.8 Å². The number of hydrogen-bond acceptors (Lipinski definition) is 13. The van der Waals surface area contributed by atoms with Gasteiger partial charge in [0.2, 0.25) is 35.4 Å². The summed E-state index contributed by atoms with van der Waals surface area (Å²) in [5.74, 6) is -8.72. The molecule has 52 heavy (non-hydrogen) atoms. The molecule has 296 valence electrons. The second-order valence-corrected chi connectivity index (χ2v) is 11.8. The number of nitrogens with two attached hydrogens (primary N) is 4. The zero-order valence-corrected chi connectivity index (χ0v) is 29.3. The van der Waals surface area contributed by atoms with Crippen LogP contribution in [0.25, 0.3) is 0 Å². The summed E-state index contributed by atoms with van der Waals surface area (Å²) < 4.78 is 0. The fourth-order valence-corrected chi connectivity index (χ4v) is 4.28. The maximum atomic E-state index is 13.5. The number of aliphatic carboxylic acids is 2. The smallest absolute Gasteiger partial charge is 0.328 e. The topological polar surface area (TPSA) is 406 Å². The molecule has 0 aliphatic rings. The zero-order valence-electron chi connectivity index (χ0n) is 29.3. The quantitative estimate of drug-likeness (QED) is 0.0234. The number of guanidine groups is 1. The minimum Gasteiger partial charge on any atom is -0.481 e. The molecule has 23 nitrogen and oxygen atoms in total. The van der Waals surface area contributed by atoms with E-state index in [1.54, 1.807) is 0 Å². The van der Waals surface area contributed by atoms with Crippen LogP contribution in [0.2, 0.25) is 0 Å². The van der Waals surface area contributed by atoms with E-state index in [0.717, 1.165) is 6.92 Å². The highest BCUT2D eigenvalue weighted by atomic mass is 16.4. The summed E-state index contributed by atoms with van der Waals surface area (Å²) in [5, 5.41) is 51.3. The van der Waals surface area contributed by atoms with Crippen molar-refractivity contribution in [2.45, 2.75) is 108 Å². The Bertz CT molecular complexity index is 1280. The van der Waals surface area contributed by atoms with Crippen molar-refractivity contribution in [2.75, 3.05) is 19.7 Å². The summed E-state index contributed by atoms with van der Waals surface area (Å²) in [6.45, 7) is 2.95. The average molecular weight is 748 g/mol. The number of carbonyl (C=O) groups excluding carboxylic acids is 6. The lowest BCUT2D eigenvalue weighted by Gasteiger charge is -2.26. The lowest BCUT2D eigenvalue weighted by Crippen LogP contribution is -2.60. The first-order valence-electron chi connectivity index (χ1n) is 16.3. The van der Waals surface area contributed by atoms with Crippen molar-refractivity contribution >= 4 is 53.3 Å². The molecule has 0 bridgehead atoms. The first kappa shape index (κ1) is 46.9. The third-order valence-electron chi connectivity index (χ3n) is 7.26. The number of aliphatic hydroxyl groups is 2. The van der Waals surface area contributed by atoms with Gasteiger partial charge in [-0.2, -0.15) is 0 Å². The normalized spacial score (nSPS) is 15.4. The molecule has 0 fully saturated rings. The predicted octanol–water partition coefficient (Wildman–Crippen LogP) is -6.62. The number of carboxylic acid groups (broad SMARTS) is 2. The Balaban J connectivity index is 5.93. The molecule has 0 aliphatic heterocycles. The Kier molecular flexibility index (Phi) is 21.7. The van der Waals surface area contributed by atoms with Crippen molar-refractivity contribution in [1.29, 1.82) is 0 Å². The first-order chi connectivity index (χ1) is 24.2. The van der Waals surface area contributed by atoms with E-state index in [1.807, 2.05) is 0 Å². The van der Waals surface area contributed by atoms with Gasteiger partial charge >= 0.3 is 11.9 Å². The highest BCUT2D eigenvalue weighted by molar-refractivity contribution is 5.97. The van der Waals surface area contributed by atoms with E-state index in [4.69, 9.17) is 28.0 Å². The van der Waals surface area contributed by atoms with E-state index in [1.165, 1.54) is 13.8 Å². The van der Waals surface area contributed by atoms with Crippen LogP contribution < -0.4 is 54.8 Å². The van der Waals surface area contributed by atoms with Gasteiger partial charge in [0.15, 0.2) is 12.0 Å². The van der Waals surface area contributed by atoms with Crippen LogP contribution in [-0.2, 0) is 38.4 Å². The summed E-state index contributed by atoms with van der Waals surface area (Å²) in [6, 6.07) is -10.1. The van der Waals surface area contributed by atoms with Gasteiger partial charge in [0.25, 0.3) is 0 Å². The largest absolute Gasteiger partial charge is 0.481 e. The third kappa shape index (κ3) is 18.2. The van der Waals surface area contributed by atoms with Gasteiger partial charge < -0.3 is 75.3 Å². The highest BCUT2D eigenvalue weighted by Gasteiger charge is 2.32. The van der Waals surface area contributed by atoms with Gasteiger partial charge in [-0.15, -0.1) is 0 Å². The van der Waals surface area contributed by atoms with Crippen molar-refractivity contribution in [2.24, 2.45) is 27.9 Å². The van der Waals surface area contributed by atoms with Gasteiger partial charge in [-0.25, -0.2) is 4.79 Å². The Hall–Kier alpha value is -5.13. The average Bonchev–Trinajstić information content (AvgIpc) is 3.05. The molecule has 0 aromatic heterocycles. The molecule has 18 N–H and O–H groups in total. The first-order valence-corrected chi connectivity index (χ1v) is 16.3. The summed E-state index contributed by atoms with van der Waals surface area (Å²) in [7, 11) is 0. The molecule has 0 aliphatic carbocycles. The second kappa shape index (κ2) is 24.1. The van der Waals surface area contributed by atoms with Gasteiger partial charge in [0.05, 0.1) is 25.2 Å². The number of carboxylic acids is 2. The summed E-state index contributed by atoms with van der Waals surface area (Å²) >= 11 is 0. The van der Waals surface area contributed by atoms with Crippen LogP contribution in [0.4, 0.5) is 0 Å². The van der Waals surface area contributed by atoms with E-state index in [-0.39, 0.29) is 38.3 Å². The minimum atomic E-state index is -1.67. The summed E-state index contributed by atoms with van der Waals surface area (Å²) in [5.41, 5.74) is 21.7. The molecule has 0 saturated heterocycles. The molecular formula is C29H53N11O12. The van der Waals surface area contributed by atoms with Crippen LogP contribution in [0.3, 0.4) is 0 Å². The van der Waals surface area contributed by atoms with Crippen molar-refractivity contribution in [1.82, 2.24) is 31.9 Å². The number of nitrogens with zero attached hydrogens (tertiary/aromatic N) is 1. The monoisotopic (exact) mass is 747 g/mol. The number of amides is 6. The van der Waals surface area contributed by atoms with Gasteiger partial charge in [0, 0.05) is 6.54 Å². The van der Waals surface area contributed by atoms with Crippen LogP contribution in [0, 0.1) is 0 Å². The second-order valence-electron chi connectivity index (χ2n) is 11.8. The summed E-state index contributed by atoms with van der Waals surface area (Å²) in [4.78, 5) is 103. The molecule has 0 spiro atoms. The van der Waals surface area contributed by atoms with Gasteiger partial charge in [0.1, 0.15) is 30.2 Å². The van der Waals surface area contributed by atoms with E-state index in [9.17, 15) is 53.7 Å². The number of nitrogens with one attached hydrogen (secondary N) is 6. The molecule has 0 heterocycles. The van der Waals surface area contributed by atoms with E-state index >= 15 is 0 Å². The summed E-state index contributed by atoms with van der Waals surface area (Å²) in [6.07, 6.45) is -1.36. The number of aliphatic imine (C=N–C) groups is 1. The van der Waals surface area contributed by atoms with Crippen LogP contribution in [0.15, 0.2) is 4.99 Å². The van der Waals surface area contributed by atoms with Crippen LogP contribution >= 0.6 is 0 Å². The number of hydrogen-bond donors (Lipinski definition) is 14. The lowest BCUT2D eigenvalue weighted by molar-refractivity contribution is -0.145. The molecule has 0 aromatic carbocycles. The van der Waals surface area contributed by atoms with E-state index < -0.39 is 109 Å². The Morgan fingerprint density at radius 3 is 1.58 bits per heavy atom. The van der Waals surface area contributed by atoms with Crippen molar-refractivity contribution in [3.8, 4) is 0 Å². The van der Waals surface area contributed by atoms with Gasteiger partial charge in [-0.3, -0.25) is 38.6 Å². The fourth-order valence-electron chi connectivity index (χ4n) is 4.28. The zero-order chi connectivity index (χ0) is 40.1. The third-order valence-corrected chi connectivity index (χ3v) is 7.26. The standard InChI is InChI=1S/C29H53N11O12/c1-13(35-24(47)16(31)11-20(43)44)22(45)39-19(12-41)27(50)38-17(7-4-5-9-30)26(49)37-18(8-6-10-34-29(32)33)25(48)36-14(2)23(46)40-21(15(3)42)28(51)52/h13-19,21,41-42H,4-12,30-31H2,1-3H3,(H,35,47)(H,36,48)(H,37,49)(H,38,50)(H,39,45)(H,40,46)(H,43,44)(H,51,52)(H4,32,33,34)/t13-,14-,15+,16-,17-,18-,19-,21-/m0/s1. The predicted molar refractivity (Wildman–Crippen MR) is 182 cm³/mol. The van der Waals surface area contributed by atoms with Crippen LogP contribution in [-0.4, -0.2) is 142 Å². The molecule has 0 unspecified atom stereocenters. The lowest BCUT2D eigenvalue weighted by atomic mass is 10.1. The molecule has 8 atom stereocenters. The molecule has 0 aromatic rings.